The lowest BCUT2D eigenvalue weighted by Gasteiger charge is -2.09. The predicted octanol–water partition coefficient (Wildman–Crippen LogP) is 4.07. The molecule has 2 aromatic carbocycles. The maximum Gasteiger partial charge on any atom is 0.185 e. The Labute approximate surface area is 137 Å². The van der Waals surface area contributed by atoms with Crippen molar-refractivity contribution in [2.24, 2.45) is 0 Å². The van der Waals surface area contributed by atoms with E-state index in [0.717, 1.165) is 4.47 Å². The van der Waals surface area contributed by atoms with Gasteiger partial charge in [-0.1, -0.05) is 15.9 Å². The minimum atomic E-state index is -0.162. The van der Waals surface area contributed by atoms with Crippen LogP contribution < -0.4 is 9.47 Å². The average molecular weight is 363 g/mol. The number of ketones is 1. The summed E-state index contributed by atoms with van der Waals surface area (Å²) < 4.78 is 11.2. The van der Waals surface area contributed by atoms with Crippen molar-refractivity contribution in [2.45, 2.75) is 0 Å². The Morgan fingerprint density at radius 2 is 1.82 bits per heavy atom. The number of allylic oxidation sites excluding steroid dienone is 1. The molecule has 0 unspecified atom stereocenters. The molecule has 0 bridgehead atoms. The second-order valence-electron chi connectivity index (χ2n) is 4.47. The second kappa shape index (κ2) is 7.13. The zero-order valence-electron chi connectivity index (χ0n) is 12.2. The number of carbonyl (C=O) groups is 1. The monoisotopic (exact) mass is 362 g/mol. The van der Waals surface area contributed by atoms with Gasteiger partial charge < -0.3 is 14.6 Å². The molecule has 2 rings (SSSR count). The maximum absolute atomic E-state index is 12.1. The molecule has 1 N–H and O–H groups in total. The van der Waals surface area contributed by atoms with E-state index in [1.165, 1.54) is 32.4 Å². The summed E-state index contributed by atoms with van der Waals surface area (Å²) in [4.78, 5) is 12.1. The predicted molar refractivity (Wildman–Crippen MR) is 88.7 cm³/mol. The van der Waals surface area contributed by atoms with Crippen molar-refractivity contribution < 1.29 is 19.4 Å². The van der Waals surface area contributed by atoms with Gasteiger partial charge in [0.2, 0.25) is 0 Å². The number of hydrogen-bond donors (Lipinski definition) is 1. The van der Waals surface area contributed by atoms with Crippen molar-refractivity contribution in [3.8, 4) is 17.2 Å². The molecule has 0 aliphatic heterocycles. The summed E-state index contributed by atoms with van der Waals surface area (Å²) in [5.41, 5.74) is 0.986. The fourth-order valence-corrected chi connectivity index (χ4v) is 2.18. The van der Waals surface area contributed by atoms with Crippen LogP contribution in [0.5, 0.6) is 17.2 Å². The van der Waals surface area contributed by atoms with Crippen LogP contribution in [0.1, 0.15) is 15.9 Å². The standard InChI is InChI=1S/C17H15BrO4/c1-21-13-9-16(20)14(17(10-13)22-2)7-8-15(19)11-3-5-12(18)6-4-11/h3-10,20H,1-2H3/b8-7+. The zero-order chi connectivity index (χ0) is 16.1. The molecule has 0 heterocycles. The number of rotatable bonds is 5. The highest BCUT2D eigenvalue weighted by atomic mass is 79.9. The fraction of sp³-hybridized carbons (Fsp3) is 0.118. The molecule has 0 atom stereocenters. The van der Waals surface area contributed by atoms with E-state index in [4.69, 9.17) is 9.47 Å². The Kier molecular flexibility index (Phi) is 5.22. The first kappa shape index (κ1) is 16.1. The molecule has 0 amide bonds. The van der Waals surface area contributed by atoms with Gasteiger partial charge in [0, 0.05) is 22.2 Å². The van der Waals surface area contributed by atoms with Gasteiger partial charge in [0.1, 0.15) is 17.2 Å². The van der Waals surface area contributed by atoms with Gasteiger partial charge in [-0.3, -0.25) is 4.79 Å². The topological polar surface area (TPSA) is 55.8 Å². The van der Waals surface area contributed by atoms with E-state index in [9.17, 15) is 9.90 Å². The van der Waals surface area contributed by atoms with Crippen LogP contribution in [0.2, 0.25) is 0 Å². The lowest BCUT2D eigenvalue weighted by atomic mass is 10.1. The van der Waals surface area contributed by atoms with Crippen molar-refractivity contribution in [1.29, 1.82) is 0 Å². The highest BCUT2D eigenvalue weighted by molar-refractivity contribution is 9.10. The normalized spacial score (nSPS) is 10.7. The third kappa shape index (κ3) is 3.68. The quantitative estimate of drug-likeness (QED) is 0.643. The van der Waals surface area contributed by atoms with Gasteiger partial charge in [-0.15, -0.1) is 0 Å². The average Bonchev–Trinajstić information content (AvgIpc) is 2.53. The third-order valence-corrected chi connectivity index (χ3v) is 3.61. The van der Waals surface area contributed by atoms with E-state index >= 15 is 0 Å². The molecule has 0 aliphatic carbocycles. The molecule has 5 heteroatoms. The molecule has 0 spiro atoms. The summed E-state index contributed by atoms with van der Waals surface area (Å²) in [7, 11) is 2.99. The Balaban J connectivity index is 2.29. The number of carbonyl (C=O) groups excluding carboxylic acids is 1. The van der Waals surface area contributed by atoms with Crippen molar-refractivity contribution in [1.82, 2.24) is 0 Å². The van der Waals surface area contributed by atoms with Gasteiger partial charge in [0.15, 0.2) is 5.78 Å². The molecule has 22 heavy (non-hydrogen) atoms. The number of phenols is 1. The Hall–Kier alpha value is -2.27. The second-order valence-corrected chi connectivity index (χ2v) is 5.38. The number of ether oxygens (including phenoxy) is 2. The number of methoxy groups -OCH3 is 2. The summed E-state index contributed by atoms with van der Waals surface area (Å²) in [5.74, 6) is 0.725. The Morgan fingerprint density at radius 3 is 2.41 bits per heavy atom. The highest BCUT2D eigenvalue weighted by Gasteiger charge is 2.10. The van der Waals surface area contributed by atoms with Gasteiger partial charge in [-0.2, -0.15) is 0 Å². The van der Waals surface area contributed by atoms with Crippen molar-refractivity contribution in [2.75, 3.05) is 14.2 Å². The number of halogens is 1. The first-order chi connectivity index (χ1) is 10.5. The highest BCUT2D eigenvalue weighted by Crippen LogP contribution is 2.34. The maximum atomic E-state index is 12.1. The SMILES string of the molecule is COc1cc(O)c(/C=C/C(=O)c2ccc(Br)cc2)c(OC)c1. The van der Waals surface area contributed by atoms with Crippen LogP contribution in [-0.2, 0) is 0 Å². The van der Waals surface area contributed by atoms with Crippen LogP contribution >= 0.6 is 15.9 Å². The van der Waals surface area contributed by atoms with Crippen LogP contribution in [0, 0.1) is 0 Å². The summed E-state index contributed by atoms with van der Waals surface area (Å²) in [5, 5.41) is 10.0. The number of phenolic OH excluding ortho intramolecular Hbond substituents is 1. The molecule has 114 valence electrons. The first-order valence-electron chi connectivity index (χ1n) is 6.48. The lowest BCUT2D eigenvalue weighted by molar-refractivity contribution is 0.104. The number of hydrogen-bond acceptors (Lipinski definition) is 4. The zero-order valence-corrected chi connectivity index (χ0v) is 13.8. The fourth-order valence-electron chi connectivity index (χ4n) is 1.91. The van der Waals surface area contributed by atoms with Gasteiger partial charge in [-0.25, -0.2) is 0 Å². The van der Waals surface area contributed by atoms with Crippen LogP contribution in [0.3, 0.4) is 0 Å². The van der Waals surface area contributed by atoms with E-state index in [1.54, 1.807) is 30.3 Å². The molecule has 4 nitrogen and oxygen atoms in total. The molecule has 0 aromatic heterocycles. The summed E-state index contributed by atoms with van der Waals surface area (Å²) >= 11 is 3.32. The molecular weight excluding hydrogens is 348 g/mol. The van der Waals surface area contributed by atoms with Gasteiger partial charge in [0.05, 0.1) is 19.8 Å². The van der Waals surface area contributed by atoms with E-state index in [1.807, 2.05) is 0 Å². The molecule has 0 radical (unpaired) electrons. The van der Waals surface area contributed by atoms with Crippen molar-refractivity contribution in [3.63, 3.8) is 0 Å². The van der Waals surface area contributed by atoms with E-state index in [0.29, 0.717) is 22.6 Å². The minimum Gasteiger partial charge on any atom is -0.507 e. The van der Waals surface area contributed by atoms with Gasteiger partial charge in [-0.05, 0) is 36.4 Å². The largest absolute Gasteiger partial charge is 0.507 e. The summed E-state index contributed by atoms with van der Waals surface area (Å²) in [6.45, 7) is 0. The minimum absolute atomic E-state index is 0.0175. The van der Waals surface area contributed by atoms with Gasteiger partial charge >= 0.3 is 0 Å². The third-order valence-electron chi connectivity index (χ3n) is 3.08. The number of benzene rings is 2. The smallest absolute Gasteiger partial charge is 0.185 e. The molecule has 0 saturated heterocycles. The molecule has 0 saturated carbocycles. The van der Waals surface area contributed by atoms with Crippen LogP contribution in [-0.4, -0.2) is 25.1 Å². The van der Waals surface area contributed by atoms with Crippen molar-refractivity contribution >= 4 is 27.8 Å². The van der Waals surface area contributed by atoms with Crippen LogP contribution in [0.4, 0.5) is 0 Å². The lowest BCUT2D eigenvalue weighted by Crippen LogP contribution is -1.94. The van der Waals surface area contributed by atoms with E-state index < -0.39 is 0 Å². The molecular formula is C17H15BrO4. The van der Waals surface area contributed by atoms with Crippen LogP contribution in [0.25, 0.3) is 6.08 Å². The molecule has 0 aliphatic rings. The first-order valence-corrected chi connectivity index (χ1v) is 7.27. The Morgan fingerprint density at radius 1 is 1.14 bits per heavy atom. The molecule has 2 aromatic rings. The van der Waals surface area contributed by atoms with Crippen molar-refractivity contribution in [3.05, 3.63) is 58.1 Å². The van der Waals surface area contributed by atoms with E-state index in [2.05, 4.69) is 15.9 Å². The number of aromatic hydroxyl groups is 1. The van der Waals surface area contributed by atoms with Crippen LogP contribution in [0.15, 0.2) is 46.9 Å². The van der Waals surface area contributed by atoms with E-state index in [-0.39, 0.29) is 11.5 Å². The Bertz CT molecular complexity index is 705. The summed E-state index contributed by atoms with van der Waals surface area (Å²) in [6.07, 6.45) is 2.92. The molecule has 0 fully saturated rings. The van der Waals surface area contributed by atoms with Gasteiger partial charge in [0.25, 0.3) is 0 Å². The summed E-state index contributed by atoms with van der Waals surface area (Å²) in [6, 6.07) is 10.2.